The number of fused-ring (bicyclic) bond motifs is 4. The zero-order valence-corrected chi connectivity index (χ0v) is 11.9. The second-order valence-corrected chi connectivity index (χ2v) is 7.16. The molecule has 4 N–H and O–H groups in total. The Labute approximate surface area is 116 Å². The van der Waals surface area contributed by atoms with Crippen LogP contribution in [0.3, 0.4) is 0 Å². The molecule has 0 amide bonds. The summed E-state index contributed by atoms with van der Waals surface area (Å²) in [4.78, 5) is 5.66. The Morgan fingerprint density at radius 1 is 0.842 bits per heavy atom. The topological polar surface area (TPSA) is 58.5 Å². The van der Waals surface area contributed by atoms with Crippen LogP contribution in [0.5, 0.6) is 0 Å². The Morgan fingerprint density at radius 2 is 1.32 bits per heavy atom. The molecular formula is C15H28N4. The van der Waals surface area contributed by atoms with Crippen molar-refractivity contribution in [1.29, 1.82) is 0 Å². The van der Waals surface area contributed by atoms with Crippen molar-refractivity contribution in [2.24, 2.45) is 23.3 Å². The lowest BCUT2D eigenvalue weighted by Gasteiger charge is -2.70. The summed E-state index contributed by atoms with van der Waals surface area (Å²) in [7, 11) is 0. The molecule has 0 aromatic carbocycles. The monoisotopic (exact) mass is 264 g/mol. The van der Waals surface area contributed by atoms with Gasteiger partial charge >= 0.3 is 0 Å². The highest BCUT2D eigenvalue weighted by Crippen LogP contribution is 2.60. The van der Waals surface area contributed by atoms with Crippen LogP contribution in [0.15, 0.2) is 0 Å². The van der Waals surface area contributed by atoms with Crippen LogP contribution in [-0.2, 0) is 0 Å². The minimum absolute atomic E-state index is 0.488. The fourth-order valence-corrected chi connectivity index (χ4v) is 5.69. The fourth-order valence-electron chi connectivity index (χ4n) is 5.69. The first-order valence-electron chi connectivity index (χ1n) is 8.24. The minimum atomic E-state index is 0.488. The van der Waals surface area contributed by atoms with Gasteiger partial charge in [-0.25, -0.2) is 0 Å². The van der Waals surface area contributed by atoms with Gasteiger partial charge in [-0.05, 0) is 63.5 Å². The summed E-state index contributed by atoms with van der Waals surface area (Å²) >= 11 is 0. The molecule has 4 fully saturated rings. The second-order valence-electron chi connectivity index (χ2n) is 7.16. The Bertz CT molecular complexity index is 324. The maximum Gasteiger partial charge on any atom is 0.0773 e. The van der Waals surface area contributed by atoms with Crippen LogP contribution in [0.1, 0.15) is 38.5 Å². The van der Waals surface area contributed by atoms with Crippen LogP contribution in [-0.4, -0.2) is 53.7 Å². The molecule has 19 heavy (non-hydrogen) atoms. The lowest BCUT2D eigenvalue weighted by atomic mass is 9.69. The van der Waals surface area contributed by atoms with E-state index < -0.39 is 0 Å². The minimum Gasteiger partial charge on any atom is -0.330 e. The molecule has 108 valence electrons. The van der Waals surface area contributed by atoms with Crippen LogP contribution in [0.2, 0.25) is 0 Å². The molecule has 0 aromatic heterocycles. The molecule has 4 saturated heterocycles. The summed E-state index contributed by atoms with van der Waals surface area (Å²) < 4.78 is 0. The smallest absolute Gasteiger partial charge is 0.0773 e. The summed E-state index contributed by atoms with van der Waals surface area (Å²) in [5.74, 6) is 1.77. The number of rotatable bonds is 4. The van der Waals surface area contributed by atoms with E-state index in [4.69, 9.17) is 11.5 Å². The predicted molar refractivity (Wildman–Crippen MR) is 76.5 cm³/mol. The van der Waals surface area contributed by atoms with E-state index in [1.54, 1.807) is 0 Å². The molecule has 4 aliphatic rings. The summed E-state index contributed by atoms with van der Waals surface area (Å²) in [6.07, 6.45) is 8.07. The number of hydrogen-bond donors (Lipinski definition) is 2. The van der Waals surface area contributed by atoms with Gasteiger partial charge in [0.1, 0.15) is 0 Å². The van der Waals surface area contributed by atoms with Gasteiger partial charge in [-0.15, -0.1) is 0 Å². The van der Waals surface area contributed by atoms with Crippen molar-refractivity contribution in [2.45, 2.75) is 56.3 Å². The van der Waals surface area contributed by atoms with Crippen LogP contribution >= 0.6 is 0 Å². The highest BCUT2D eigenvalue weighted by molar-refractivity contribution is 5.20. The standard InChI is InChI=1S/C15H28N4/c16-5-1-11-3-7-18-13(11)9-15(18)10-14-12(2-6-17)4-8-19(14)15/h11-14H,1-10,16-17H2. The molecule has 4 heteroatoms. The van der Waals surface area contributed by atoms with Crippen molar-refractivity contribution >= 4 is 0 Å². The molecular weight excluding hydrogens is 236 g/mol. The molecule has 0 aromatic rings. The SMILES string of the molecule is NCCC1CCN2C1CC21CC2C(CCN)CCN21. The molecule has 0 radical (unpaired) electrons. The summed E-state index contributed by atoms with van der Waals surface area (Å²) in [6.45, 7) is 4.38. The van der Waals surface area contributed by atoms with Gasteiger partial charge in [0, 0.05) is 25.2 Å². The van der Waals surface area contributed by atoms with E-state index >= 15 is 0 Å². The van der Waals surface area contributed by atoms with E-state index in [1.807, 2.05) is 0 Å². The van der Waals surface area contributed by atoms with E-state index in [0.29, 0.717) is 5.66 Å². The first-order valence-corrected chi connectivity index (χ1v) is 8.24. The highest BCUT2D eigenvalue weighted by atomic mass is 15.5. The van der Waals surface area contributed by atoms with E-state index in [2.05, 4.69) is 9.80 Å². The Hall–Kier alpha value is -0.160. The van der Waals surface area contributed by atoms with Gasteiger partial charge in [-0.2, -0.15) is 0 Å². The van der Waals surface area contributed by atoms with Crippen LogP contribution < -0.4 is 11.5 Å². The quantitative estimate of drug-likeness (QED) is 0.779. The average molecular weight is 264 g/mol. The molecule has 4 aliphatic heterocycles. The summed E-state index contributed by atoms with van der Waals surface area (Å²) in [6, 6.07) is 1.72. The molecule has 4 rings (SSSR count). The van der Waals surface area contributed by atoms with Crippen molar-refractivity contribution in [2.75, 3.05) is 26.2 Å². The molecule has 0 aliphatic carbocycles. The maximum absolute atomic E-state index is 5.75. The largest absolute Gasteiger partial charge is 0.330 e. The molecule has 4 atom stereocenters. The van der Waals surface area contributed by atoms with Crippen LogP contribution in [0.4, 0.5) is 0 Å². The van der Waals surface area contributed by atoms with E-state index in [-0.39, 0.29) is 0 Å². The predicted octanol–water partition coefficient (Wildman–Crippen LogP) is 0.569. The van der Waals surface area contributed by atoms with Gasteiger partial charge in [0.15, 0.2) is 0 Å². The normalized spacial score (nSPS) is 48.9. The third-order valence-electron chi connectivity index (χ3n) is 6.59. The zero-order valence-electron chi connectivity index (χ0n) is 11.9. The highest BCUT2D eigenvalue weighted by Gasteiger charge is 2.68. The molecule has 1 spiro atoms. The summed E-state index contributed by atoms with van der Waals surface area (Å²) in [5, 5.41) is 0. The fraction of sp³-hybridized carbons (Fsp3) is 1.00. The van der Waals surface area contributed by atoms with E-state index in [0.717, 1.165) is 37.0 Å². The number of hydrogen-bond acceptors (Lipinski definition) is 4. The Balaban J connectivity index is 1.41. The van der Waals surface area contributed by atoms with E-state index in [9.17, 15) is 0 Å². The van der Waals surface area contributed by atoms with Crippen molar-refractivity contribution in [3.63, 3.8) is 0 Å². The first kappa shape index (κ1) is 12.6. The average Bonchev–Trinajstić information content (AvgIpc) is 2.82. The molecule has 4 unspecified atom stereocenters. The van der Waals surface area contributed by atoms with Gasteiger partial charge in [-0.1, -0.05) is 0 Å². The molecule has 0 saturated carbocycles. The number of nitrogens with zero attached hydrogens (tertiary/aromatic N) is 2. The number of nitrogens with two attached hydrogens (primary N) is 2. The van der Waals surface area contributed by atoms with Crippen molar-refractivity contribution in [3.8, 4) is 0 Å². The van der Waals surface area contributed by atoms with Gasteiger partial charge in [0.2, 0.25) is 0 Å². The van der Waals surface area contributed by atoms with Crippen molar-refractivity contribution in [1.82, 2.24) is 9.80 Å². The zero-order chi connectivity index (χ0) is 13.0. The van der Waals surface area contributed by atoms with Gasteiger partial charge in [-0.3, -0.25) is 9.80 Å². The van der Waals surface area contributed by atoms with E-state index in [1.165, 1.54) is 51.6 Å². The molecule has 4 heterocycles. The van der Waals surface area contributed by atoms with Crippen molar-refractivity contribution in [3.05, 3.63) is 0 Å². The second kappa shape index (κ2) is 4.42. The summed E-state index contributed by atoms with van der Waals surface area (Å²) in [5.41, 5.74) is 12.0. The lowest BCUT2D eigenvalue weighted by molar-refractivity contribution is -0.241. The first-order chi connectivity index (χ1) is 9.30. The Kier molecular flexibility index (Phi) is 2.92. The third-order valence-corrected chi connectivity index (χ3v) is 6.59. The molecule has 0 bridgehead atoms. The van der Waals surface area contributed by atoms with Gasteiger partial charge in [0.05, 0.1) is 5.66 Å². The maximum atomic E-state index is 5.75. The Morgan fingerprint density at radius 3 is 1.74 bits per heavy atom. The third kappa shape index (κ3) is 1.54. The molecule has 4 nitrogen and oxygen atoms in total. The van der Waals surface area contributed by atoms with Crippen LogP contribution in [0.25, 0.3) is 0 Å². The van der Waals surface area contributed by atoms with Crippen LogP contribution in [0, 0.1) is 11.8 Å². The van der Waals surface area contributed by atoms with Gasteiger partial charge < -0.3 is 11.5 Å². The lowest BCUT2D eigenvalue weighted by Crippen LogP contribution is -2.80. The van der Waals surface area contributed by atoms with Crippen molar-refractivity contribution < 1.29 is 0 Å². The van der Waals surface area contributed by atoms with Gasteiger partial charge in [0.25, 0.3) is 0 Å².